The van der Waals surface area contributed by atoms with Crippen LogP contribution in [0.3, 0.4) is 0 Å². The van der Waals surface area contributed by atoms with E-state index in [0.717, 1.165) is 11.1 Å². The summed E-state index contributed by atoms with van der Waals surface area (Å²) in [4.78, 5) is 36.6. The molecule has 0 aliphatic rings. The fourth-order valence-corrected chi connectivity index (χ4v) is 2.95. The van der Waals surface area contributed by atoms with E-state index in [1.165, 1.54) is 25.5 Å². The maximum Gasteiger partial charge on any atom is 0.337 e. The standard InChI is InChI=1S/C23H22N2O5/c1-15-6-3-4-7-17(15)13-21(26)24-14-16-10-18(23(28)29-2)12-19(11-16)25-22(27)20-8-5-9-30-20/h3-12H,13-14H2,1-2H3,(H,24,26)(H,25,27). The highest BCUT2D eigenvalue weighted by Gasteiger charge is 2.14. The summed E-state index contributed by atoms with van der Waals surface area (Å²) in [7, 11) is 1.28. The van der Waals surface area contributed by atoms with E-state index < -0.39 is 11.9 Å². The molecule has 0 atom stereocenters. The van der Waals surface area contributed by atoms with E-state index >= 15 is 0 Å². The minimum absolute atomic E-state index is 0.144. The lowest BCUT2D eigenvalue weighted by Crippen LogP contribution is -2.25. The Bertz CT molecular complexity index is 1060. The fraction of sp³-hybridized carbons (Fsp3) is 0.174. The molecule has 30 heavy (non-hydrogen) atoms. The topological polar surface area (TPSA) is 97.6 Å². The summed E-state index contributed by atoms with van der Waals surface area (Å²) in [5.74, 6) is -0.992. The number of ether oxygens (including phenoxy) is 1. The van der Waals surface area contributed by atoms with Gasteiger partial charge in [0.15, 0.2) is 5.76 Å². The highest BCUT2D eigenvalue weighted by atomic mass is 16.5. The Morgan fingerprint density at radius 3 is 2.53 bits per heavy atom. The Morgan fingerprint density at radius 2 is 1.83 bits per heavy atom. The SMILES string of the molecule is COC(=O)c1cc(CNC(=O)Cc2ccccc2C)cc(NC(=O)c2ccco2)c1. The van der Waals surface area contributed by atoms with Crippen molar-refractivity contribution in [3.05, 3.63) is 88.9 Å². The maximum absolute atomic E-state index is 12.3. The van der Waals surface area contributed by atoms with Gasteiger partial charge in [0, 0.05) is 12.2 Å². The molecule has 0 aliphatic carbocycles. The number of carbonyl (C=O) groups is 3. The van der Waals surface area contributed by atoms with Gasteiger partial charge in [-0.25, -0.2) is 4.79 Å². The molecule has 0 bridgehead atoms. The molecule has 3 rings (SSSR count). The molecular weight excluding hydrogens is 384 g/mol. The second kappa shape index (κ2) is 9.56. The number of benzene rings is 2. The average Bonchev–Trinajstić information content (AvgIpc) is 3.28. The molecular formula is C23H22N2O5. The number of rotatable bonds is 7. The number of methoxy groups -OCH3 is 1. The van der Waals surface area contributed by atoms with Gasteiger partial charge in [-0.1, -0.05) is 24.3 Å². The van der Waals surface area contributed by atoms with E-state index in [2.05, 4.69) is 10.6 Å². The predicted molar refractivity (Wildman–Crippen MR) is 111 cm³/mol. The number of hydrogen-bond acceptors (Lipinski definition) is 5. The molecule has 0 radical (unpaired) electrons. The number of aryl methyl sites for hydroxylation is 1. The summed E-state index contributed by atoms with van der Waals surface area (Å²) in [6, 6.07) is 15.6. The van der Waals surface area contributed by atoms with Crippen LogP contribution < -0.4 is 10.6 Å². The van der Waals surface area contributed by atoms with Crippen LogP contribution in [0.4, 0.5) is 5.69 Å². The van der Waals surface area contributed by atoms with E-state index in [9.17, 15) is 14.4 Å². The number of anilines is 1. The third kappa shape index (κ3) is 5.35. The van der Waals surface area contributed by atoms with Crippen LogP contribution in [0.25, 0.3) is 0 Å². The van der Waals surface area contributed by atoms with Crippen LogP contribution in [0.2, 0.25) is 0 Å². The molecule has 0 saturated carbocycles. The van der Waals surface area contributed by atoms with Crippen LogP contribution in [-0.2, 0) is 22.5 Å². The van der Waals surface area contributed by atoms with Crippen molar-refractivity contribution < 1.29 is 23.5 Å². The van der Waals surface area contributed by atoms with Crippen molar-refractivity contribution >= 4 is 23.5 Å². The molecule has 2 N–H and O–H groups in total. The van der Waals surface area contributed by atoms with E-state index in [1.54, 1.807) is 18.2 Å². The van der Waals surface area contributed by atoms with Crippen LogP contribution in [0.15, 0.2) is 65.3 Å². The molecule has 0 unspecified atom stereocenters. The molecule has 2 aromatic carbocycles. The van der Waals surface area contributed by atoms with Crippen molar-refractivity contribution in [3.63, 3.8) is 0 Å². The van der Waals surface area contributed by atoms with Gasteiger partial charge in [-0.15, -0.1) is 0 Å². The fourth-order valence-electron chi connectivity index (χ4n) is 2.95. The van der Waals surface area contributed by atoms with Crippen molar-refractivity contribution in [1.82, 2.24) is 5.32 Å². The molecule has 2 amide bonds. The zero-order valence-corrected chi connectivity index (χ0v) is 16.7. The van der Waals surface area contributed by atoms with Crippen LogP contribution >= 0.6 is 0 Å². The average molecular weight is 406 g/mol. The quantitative estimate of drug-likeness (QED) is 0.586. The molecule has 0 spiro atoms. The summed E-state index contributed by atoms with van der Waals surface area (Å²) < 4.78 is 9.86. The first-order valence-corrected chi connectivity index (χ1v) is 9.34. The largest absolute Gasteiger partial charge is 0.465 e. The van der Waals surface area contributed by atoms with Crippen LogP contribution in [0.5, 0.6) is 0 Å². The first kappa shape index (κ1) is 20.9. The second-order valence-electron chi connectivity index (χ2n) is 6.72. The van der Waals surface area contributed by atoms with Crippen molar-refractivity contribution in [3.8, 4) is 0 Å². The Kier molecular flexibility index (Phi) is 6.64. The Labute approximate surface area is 174 Å². The maximum atomic E-state index is 12.3. The number of carbonyl (C=O) groups excluding carboxylic acids is 3. The number of amides is 2. The molecule has 1 aromatic heterocycles. The highest BCUT2D eigenvalue weighted by molar-refractivity contribution is 6.03. The molecule has 0 saturated heterocycles. The van der Waals surface area contributed by atoms with Crippen LogP contribution in [-0.4, -0.2) is 24.9 Å². The first-order chi connectivity index (χ1) is 14.5. The lowest BCUT2D eigenvalue weighted by atomic mass is 10.1. The molecule has 0 aliphatic heterocycles. The number of nitrogens with one attached hydrogen (secondary N) is 2. The molecule has 1 heterocycles. The van der Waals surface area contributed by atoms with Gasteiger partial charge < -0.3 is 19.8 Å². The zero-order chi connectivity index (χ0) is 21.5. The van der Waals surface area contributed by atoms with E-state index in [4.69, 9.17) is 9.15 Å². The predicted octanol–water partition coefficient (Wildman–Crippen LogP) is 3.49. The summed E-state index contributed by atoms with van der Waals surface area (Å²) in [5.41, 5.74) is 3.29. The molecule has 7 heteroatoms. The van der Waals surface area contributed by atoms with Gasteiger partial charge in [-0.05, 0) is 53.9 Å². The minimum Gasteiger partial charge on any atom is -0.465 e. The number of esters is 1. The lowest BCUT2D eigenvalue weighted by molar-refractivity contribution is -0.120. The third-order valence-electron chi connectivity index (χ3n) is 4.52. The molecule has 154 valence electrons. The monoisotopic (exact) mass is 406 g/mol. The van der Waals surface area contributed by atoms with Gasteiger partial charge in [0.2, 0.25) is 5.91 Å². The summed E-state index contributed by atoms with van der Waals surface area (Å²) in [5, 5.41) is 5.53. The summed E-state index contributed by atoms with van der Waals surface area (Å²) >= 11 is 0. The highest BCUT2D eigenvalue weighted by Crippen LogP contribution is 2.18. The summed E-state index contributed by atoms with van der Waals surface area (Å²) in [6.07, 6.45) is 1.65. The zero-order valence-electron chi connectivity index (χ0n) is 16.7. The first-order valence-electron chi connectivity index (χ1n) is 9.34. The van der Waals surface area contributed by atoms with Crippen molar-refractivity contribution in [1.29, 1.82) is 0 Å². The van der Waals surface area contributed by atoms with Gasteiger partial charge in [0.05, 0.1) is 25.4 Å². The van der Waals surface area contributed by atoms with Crippen LogP contribution in [0.1, 0.15) is 37.6 Å². The normalized spacial score (nSPS) is 10.3. The Balaban J connectivity index is 1.72. The van der Waals surface area contributed by atoms with Crippen molar-refractivity contribution in [2.45, 2.75) is 19.9 Å². The smallest absolute Gasteiger partial charge is 0.337 e. The van der Waals surface area contributed by atoms with Gasteiger partial charge in [-0.3, -0.25) is 9.59 Å². The third-order valence-corrected chi connectivity index (χ3v) is 4.52. The van der Waals surface area contributed by atoms with Crippen molar-refractivity contribution in [2.75, 3.05) is 12.4 Å². The van der Waals surface area contributed by atoms with E-state index in [1.807, 2.05) is 31.2 Å². The van der Waals surface area contributed by atoms with Crippen LogP contribution in [0, 0.1) is 6.92 Å². The van der Waals surface area contributed by atoms with E-state index in [0.29, 0.717) is 11.3 Å². The van der Waals surface area contributed by atoms with E-state index in [-0.39, 0.29) is 30.2 Å². The van der Waals surface area contributed by atoms with Gasteiger partial charge >= 0.3 is 5.97 Å². The lowest BCUT2D eigenvalue weighted by Gasteiger charge is -2.11. The summed E-state index contributed by atoms with van der Waals surface area (Å²) in [6.45, 7) is 2.15. The Morgan fingerprint density at radius 1 is 1.03 bits per heavy atom. The van der Waals surface area contributed by atoms with Gasteiger partial charge in [0.25, 0.3) is 5.91 Å². The number of furan rings is 1. The van der Waals surface area contributed by atoms with Crippen molar-refractivity contribution in [2.24, 2.45) is 0 Å². The molecule has 3 aromatic rings. The Hall–Kier alpha value is -3.87. The van der Waals surface area contributed by atoms with Gasteiger partial charge in [0.1, 0.15) is 0 Å². The molecule has 7 nitrogen and oxygen atoms in total. The number of hydrogen-bond donors (Lipinski definition) is 2. The molecule has 0 fully saturated rings. The van der Waals surface area contributed by atoms with Gasteiger partial charge in [-0.2, -0.15) is 0 Å². The second-order valence-corrected chi connectivity index (χ2v) is 6.72. The minimum atomic E-state index is -0.545.